The highest BCUT2D eigenvalue weighted by molar-refractivity contribution is 8.00. The minimum absolute atomic E-state index is 0.594. The van der Waals surface area contributed by atoms with E-state index in [9.17, 15) is 0 Å². The van der Waals surface area contributed by atoms with Crippen molar-refractivity contribution in [2.75, 3.05) is 5.75 Å². The molecule has 2 rings (SSSR count). The maximum atomic E-state index is 5.93. The van der Waals surface area contributed by atoms with E-state index in [0.717, 1.165) is 16.0 Å². The lowest BCUT2D eigenvalue weighted by atomic mass is 10.0. The van der Waals surface area contributed by atoms with Crippen LogP contribution in [0.15, 0.2) is 18.2 Å². The largest absolute Gasteiger partial charge is 0.153 e. The number of benzene rings is 1. The fraction of sp³-hybridized carbons (Fsp3) is 0.400. The molecule has 13 heavy (non-hydrogen) atoms. The van der Waals surface area contributed by atoms with E-state index in [1.807, 2.05) is 23.9 Å². The predicted molar refractivity (Wildman–Crippen MR) is 60.8 cm³/mol. The second-order valence-electron chi connectivity index (χ2n) is 3.43. The van der Waals surface area contributed by atoms with Gasteiger partial charge in [0.05, 0.1) is 0 Å². The lowest BCUT2D eigenvalue weighted by Crippen LogP contribution is -2.19. The van der Waals surface area contributed by atoms with Gasteiger partial charge in [0.15, 0.2) is 0 Å². The summed E-state index contributed by atoms with van der Waals surface area (Å²) in [6.45, 7) is 2.26. The number of hydrogen-bond donors (Lipinski definition) is 0. The molecule has 0 bridgehead atoms. The Labute approximate surface area is 92.6 Å². The van der Waals surface area contributed by atoms with E-state index in [4.69, 9.17) is 23.2 Å². The van der Waals surface area contributed by atoms with Gasteiger partial charge in [-0.05, 0) is 35.4 Å². The lowest BCUT2D eigenvalue weighted by molar-refractivity contribution is 0.599. The van der Waals surface area contributed by atoms with Crippen LogP contribution in [0.2, 0.25) is 10.0 Å². The van der Waals surface area contributed by atoms with Gasteiger partial charge in [-0.2, -0.15) is 11.8 Å². The molecule has 1 fully saturated rings. The summed E-state index contributed by atoms with van der Waals surface area (Å²) >= 11 is 13.8. The Kier molecular flexibility index (Phi) is 2.77. The molecule has 0 aromatic heterocycles. The van der Waals surface area contributed by atoms with Crippen LogP contribution in [0.3, 0.4) is 0 Å². The third-order valence-electron chi connectivity index (χ3n) is 2.27. The van der Waals surface area contributed by atoms with Crippen LogP contribution in [-0.2, 0) is 0 Å². The number of thioether (sulfide) groups is 1. The van der Waals surface area contributed by atoms with Crippen molar-refractivity contribution in [3.63, 3.8) is 0 Å². The van der Waals surface area contributed by atoms with Gasteiger partial charge in [0, 0.05) is 15.3 Å². The zero-order chi connectivity index (χ0) is 9.42. The average Bonchev–Trinajstić information content (AvgIpc) is 1.99. The molecule has 0 amide bonds. The third-order valence-corrected chi connectivity index (χ3v) is 4.52. The van der Waals surface area contributed by atoms with Gasteiger partial charge in [0.1, 0.15) is 0 Å². The van der Waals surface area contributed by atoms with Crippen molar-refractivity contribution in [3.05, 3.63) is 33.8 Å². The van der Waals surface area contributed by atoms with E-state index in [0.29, 0.717) is 5.25 Å². The molecule has 0 radical (unpaired) electrons. The Balaban J connectivity index is 2.29. The summed E-state index contributed by atoms with van der Waals surface area (Å²) in [5.74, 6) is 1.99. The highest BCUT2D eigenvalue weighted by Crippen LogP contribution is 2.47. The molecule has 1 aromatic carbocycles. The van der Waals surface area contributed by atoms with Gasteiger partial charge < -0.3 is 0 Å². The molecule has 1 aliphatic rings. The van der Waals surface area contributed by atoms with Crippen molar-refractivity contribution >= 4 is 35.0 Å². The highest BCUT2D eigenvalue weighted by atomic mass is 35.5. The number of hydrogen-bond acceptors (Lipinski definition) is 1. The summed E-state index contributed by atoms with van der Waals surface area (Å²) < 4.78 is 0. The first-order valence-corrected chi connectivity index (χ1v) is 6.05. The molecule has 70 valence electrons. The zero-order valence-corrected chi connectivity index (χ0v) is 9.59. The third kappa shape index (κ3) is 1.98. The predicted octanol–water partition coefficient (Wildman–Crippen LogP) is 4.42. The Morgan fingerprint density at radius 1 is 1.23 bits per heavy atom. The Hall–Kier alpha value is 0.150. The highest BCUT2D eigenvalue weighted by Gasteiger charge is 2.29. The first-order valence-electron chi connectivity index (χ1n) is 4.24. The normalized spacial score (nSPS) is 27.0. The van der Waals surface area contributed by atoms with Crippen molar-refractivity contribution in [1.29, 1.82) is 0 Å². The summed E-state index contributed by atoms with van der Waals surface area (Å²) in [5, 5.41) is 2.07. The summed E-state index contributed by atoms with van der Waals surface area (Å²) in [7, 11) is 0. The van der Waals surface area contributed by atoms with Crippen LogP contribution in [-0.4, -0.2) is 5.75 Å². The molecular weight excluding hydrogens is 223 g/mol. The minimum Gasteiger partial charge on any atom is -0.153 e. The molecule has 0 spiro atoms. The Morgan fingerprint density at radius 2 is 1.85 bits per heavy atom. The van der Waals surface area contributed by atoms with Gasteiger partial charge in [-0.3, -0.25) is 0 Å². The van der Waals surface area contributed by atoms with Crippen molar-refractivity contribution in [1.82, 2.24) is 0 Å². The molecule has 0 saturated carbocycles. The molecule has 0 N–H and O–H groups in total. The Bertz CT molecular complexity index is 304. The van der Waals surface area contributed by atoms with Crippen LogP contribution in [0.4, 0.5) is 0 Å². The quantitative estimate of drug-likeness (QED) is 0.691. The molecule has 2 unspecified atom stereocenters. The van der Waals surface area contributed by atoms with Gasteiger partial charge in [-0.15, -0.1) is 0 Å². The van der Waals surface area contributed by atoms with Gasteiger partial charge in [-0.25, -0.2) is 0 Å². The van der Waals surface area contributed by atoms with E-state index in [2.05, 4.69) is 6.92 Å². The maximum absolute atomic E-state index is 5.93. The Morgan fingerprint density at radius 3 is 2.23 bits per heavy atom. The van der Waals surface area contributed by atoms with Crippen LogP contribution in [0.1, 0.15) is 17.7 Å². The van der Waals surface area contributed by atoms with E-state index in [1.165, 1.54) is 11.3 Å². The lowest BCUT2D eigenvalue weighted by Gasteiger charge is -2.33. The van der Waals surface area contributed by atoms with Crippen molar-refractivity contribution in [3.8, 4) is 0 Å². The molecule has 0 aliphatic carbocycles. The van der Waals surface area contributed by atoms with Gasteiger partial charge in [0.2, 0.25) is 0 Å². The molecule has 1 saturated heterocycles. The number of halogens is 2. The van der Waals surface area contributed by atoms with Gasteiger partial charge >= 0.3 is 0 Å². The molecule has 0 nitrogen and oxygen atoms in total. The van der Waals surface area contributed by atoms with Crippen molar-refractivity contribution in [2.45, 2.75) is 12.2 Å². The molecule has 1 aromatic rings. The fourth-order valence-corrected chi connectivity index (χ4v) is 3.19. The van der Waals surface area contributed by atoms with E-state index >= 15 is 0 Å². The minimum atomic E-state index is 0.594. The second kappa shape index (κ2) is 3.72. The van der Waals surface area contributed by atoms with Gasteiger partial charge in [-0.1, -0.05) is 30.1 Å². The zero-order valence-electron chi connectivity index (χ0n) is 7.26. The molecule has 2 atom stereocenters. The van der Waals surface area contributed by atoms with Crippen molar-refractivity contribution in [2.24, 2.45) is 5.92 Å². The van der Waals surface area contributed by atoms with E-state index in [1.54, 1.807) is 6.07 Å². The van der Waals surface area contributed by atoms with Gasteiger partial charge in [0.25, 0.3) is 0 Å². The van der Waals surface area contributed by atoms with Crippen LogP contribution in [0.25, 0.3) is 0 Å². The average molecular weight is 233 g/mol. The van der Waals surface area contributed by atoms with Crippen LogP contribution < -0.4 is 0 Å². The summed E-state index contributed by atoms with van der Waals surface area (Å²) in [5.41, 5.74) is 1.27. The summed E-state index contributed by atoms with van der Waals surface area (Å²) in [6, 6.07) is 5.81. The maximum Gasteiger partial charge on any atom is 0.0423 e. The van der Waals surface area contributed by atoms with Crippen LogP contribution >= 0.6 is 35.0 Å². The molecule has 1 heterocycles. The second-order valence-corrected chi connectivity index (χ2v) is 5.48. The number of rotatable bonds is 1. The smallest absolute Gasteiger partial charge is 0.0423 e. The van der Waals surface area contributed by atoms with Crippen LogP contribution in [0.5, 0.6) is 0 Å². The summed E-state index contributed by atoms with van der Waals surface area (Å²) in [6.07, 6.45) is 0. The topological polar surface area (TPSA) is 0 Å². The SMILES string of the molecule is CC1CSC1c1cc(Cl)cc(Cl)c1. The molecular formula is C10H10Cl2S. The summed E-state index contributed by atoms with van der Waals surface area (Å²) in [4.78, 5) is 0. The van der Waals surface area contributed by atoms with Crippen molar-refractivity contribution < 1.29 is 0 Å². The van der Waals surface area contributed by atoms with E-state index in [-0.39, 0.29) is 0 Å². The fourth-order valence-electron chi connectivity index (χ4n) is 1.55. The van der Waals surface area contributed by atoms with E-state index < -0.39 is 0 Å². The standard InChI is InChI=1S/C10H10Cl2S/c1-6-5-13-10(6)7-2-8(11)4-9(12)3-7/h2-4,6,10H,5H2,1H3. The molecule has 1 aliphatic heterocycles. The molecule has 3 heteroatoms. The first kappa shape index (κ1) is 9.70. The first-order chi connectivity index (χ1) is 6.16. The van der Waals surface area contributed by atoms with Crippen LogP contribution in [0, 0.1) is 5.92 Å². The monoisotopic (exact) mass is 232 g/mol.